The first-order chi connectivity index (χ1) is 9.82. The topological polar surface area (TPSA) is 84.5 Å². The van der Waals surface area contributed by atoms with E-state index in [0.717, 1.165) is 12.8 Å². The van der Waals surface area contributed by atoms with Crippen molar-refractivity contribution in [2.75, 3.05) is 18.6 Å². The molecule has 0 radical (unpaired) electrons. The van der Waals surface area contributed by atoms with Crippen LogP contribution in [0.4, 0.5) is 4.79 Å². The van der Waals surface area contributed by atoms with Crippen LogP contribution in [0.1, 0.15) is 54.4 Å². The second-order valence-corrected chi connectivity index (χ2v) is 9.17. The standard InChI is InChI=1S/C15H32N2O4S/c1-8-15(9-2,17-13(18)21-14(4,5)6)11-16-12(3)10-22(7,19)20/h12,16H,8-11H2,1-7H3,(H,17,18). The van der Waals surface area contributed by atoms with Gasteiger partial charge in [0, 0.05) is 18.8 Å². The normalized spacial score (nSPS) is 14.5. The predicted molar refractivity (Wildman–Crippen MR) is 89.9 cm³/mol. The molecule has 1 amide bonds. The fraction of sp³-hybridized carbons (Fsp3) is 0.933. The van der Waals surface area contributed by atoms with Crippen molar-refractivity contribution >= 4 is 15.9 Å². The summed E-state index contributed by atoms with van der Waals surface area (Å²) in [6.07, 6.45) is 2.22. The first-order valence-corrected chi connectivity index (χ1v) is 9.81. The molecule has 6 nitrogen and oxygen atoms in total. The van der Waals surface area contributed by atoms with Gasteiger partial charge in [0.2, 0.25) is 0 Å². The van der Waals surface area contributed by atoms with Crippen LogP contribution < -0.4 is 10.6 Å². The third kappa shape index (κ3) is 9.25. The lowest BCUT2D eigenvalue weighted by atomic mass is 9.92. The summed E-state index contributed by atoms with van der Waals surface area (Å²) in [6, 6.07) is -0.173. The number of sulfone groups is 1. The fourth-order valence-corrected chi connectivity index (χ4v) is 3.15. The summed E-state index contributed by atoms with van der Waals surface area (Å²) in [4.78, 5) is 12.0. The molecule has 1 unspecified atom stereocenters. The van der Waals surface area contributed by atoms with Crippen LogP contribution in [0.25, 0.3) is 0 Å². The largest absolute Gasteiger partial charge is 0.444 e. The van der Waals surface area contributed by atoms with Crippen molar-refractivity contribution in [2.24, 2.45) is 0 Å². The number of rotatable bonds is 8. The van der Waals surface area contributed by atoms with E-state index >= 15 is 0 Å². The van der Waals surface area contributed by atoms with E-state index in [2.05, 4.69) is 10.6 Å². The summed E-state index contributed by atoms with van der Waals surface area (Å²) in [7, 11) is -3.03. The Morgan fingerprint density at radius 2 is 1.68 bits per heavy atom. The minimum absolute atomic E-state index is 0.0724. The van der Waals surface area contributed by atoms with Gasteiger partial charge < -0.3 is 15.4 Å². The van der Waals surface area contributed by atoms with Crippen molar-refractivity contribution < 1.29 is 17.9 Å². The summed E-state index contributed by atoms with van der Waals surface area (Å²) >= 11 is 0. The summed E-state index contributed by atoms with van der Waals surface area (Å²) in [5.74, 6) is 0.0724. The molecule has 0 aliphatic carbocycles. The predicted octanol–water partition coefficient (Wildman–Crippen LogP) is 2.09. The highest BCUT2D eigenvalue weighted by Crippen LogP contribution is 2.16. The molecule has 2 N–H and O–H groups in total. The van der Waals surface area contributed by atoms with Crippen molar-refractivity contribution in [1.82, 2.24) is 10.6 Å². The van der Waals surface area contributed by atoms with Gasteiger partial charge in [0.1, 0.15) is 15.4 Å². The molecule has 0 spiro atoms. The molecule has 0 aromatic carbocycles. The maximum Gasteiger partial charge on any atom is 0.408 e. The molecular formula is C15H32N2O4S. The van der Waals surface area contributed by atoms with Crippen LogP contribution in [-0.2, 0) is 14.6 Å². The van der Waals surface area contributed by atoms with Crippen LogP contribution in [0.15, 0.2) is 0 Å². The molecule has 0 aliphatic rings. The molecule has 0 saturated carbocycles. The van der Waals surface area contributed by atoms with E-state index < -0.39 is 27.1 Å². The van der Waals surface area contributed by atoms with E-state index in [0.29, 0.717) is 6.54 Å². The molecule has 0 aliphatic heterocycles. The summed E-state index contributed by atoms with van der Waals surface area (Å²) in [5, 5.41) is 6.13. The van der Waals surface area contributed by atoms with E-state index in [9.17, 15) is 13.2 Å². The van der Waals surface area contributed by atoms with E-state index in [1.165, 1.54) is 6.26 Å². The fourth-order valence-electron chi connectivity index (χ4n) is 2.12. The zero-order valence-electron chi connectivity index (χ0n) is 14.9. The number of alkyl carbamates (subject to hydrolysis) is 1. The monoisotopic (exact) mass is 336 g/mol. The van der Waals surface area contributed by atoms with Crippen LogP contribution in [-0.4, -0.2) is 50.2 Å². The molecule has 1 atom stereocenters. The van der Waals surface area contributed by atoms with Gasteiger partial charge in [-0.25, -0.2) is 13.2 Å². The van der Waals surface area contributed by atoms with Crippen LogP contribution in [0.5, 0.6) is 0 Å². The molecule has 0 aromatic heterocycles. The van der Waals surface area contributed by atoms with E-state index in [-0.39, 0.29) is 11.8 Å². The summed E-state index contributed by atoms with van der Waals surface area (Å²) < 4.78 is 27.9. The lowest BCUT2D eigenvalue weighted by Gasteiger charge is -2.35. The molecule has 0 saturated heterocycles. The molecule has 0 aromatic rings. The molecule has 7 heteroatoms. The Morgan fingerprint density at radius 3 is 2.05 bits per heavy atom. The highest BCUT2D eigenvalue weighted by Gasteiger charge is 2.30. The van der Waals surface area contributed by atoms with E-state index in [1.807, 2.05) is 41.5 Å². The smallest absolute Gasteiger partial charge is 0.408 e. The number of hydrogen-bond donors (Lipinski definition) is 2. The molecule has 132 valence electrons. The van der Waals surface area contributed by atoms with Crippen LogP contribution in [0, 0.1) is 0 Å². The Kier molecular flexibility index (Phi) is 7.85. The maximum absolute atomic E-state index is 12.0. The average molecular weight is 336 g/mol. The van der Waals surface area contributed by atoms with Crippen LogP contribution in [0.2, 0.25) is 0 Å². The van der Waals surface area contributed by atoms with Gasteiger partial charge in [-0.3, -0.25) is 0 Å². The number of amides is 1. The Labute approximate surface area is 135 Å². The molecule has 0 rings (SSSR count). The second-order valence-electron chi connectivity index (χ2n) is 6.99. The van der Waals surface area contributed by atoms with E-state index in [1.54, 1.807) is 0 Å². The maximum atomic E-state index is 12.0. The third-order valence-electron chi connectivity index (χ3n) is 3.46. The zero-order valence-corrected chi connectivity index (χ0v) is 15.8. The lowest BCUT2D eigenvalue weighted by molar-refractivity contribution is 0.0444. The van der Waals surface area contributed by atoms with Gasteiger partial charge in [0.25, 0.3) is 0 Å². The Balaban J connectivity index is 4.72. The summed E-state index contributed by atoms with van der Waals surface area (Å²) in [6.45, 7) is 11.8. The summed E-state index contributed by atoms with van der Waals surface area (Å²) in [5.41, 5.74) is -0.998. The second kappa shape index (κ2) is 8.15. The van der Waals surface area contributed by atoms with Gasteiger partial charge in [0.15, 0.2) is 0 Å². The molecule has 0 bridgehead atoms. The van der Waals surface area contributed by atoms with Crippen molar-refractivity contribution in [1.29, 1.82) is 0 Å². The number of carbonyl (C=O) groups is 1. The minimum Gasteiger partial charge on any atom is -0.444 e. The van der Waals surface area contributed by atoms with Crippen LogP contribution >= 0.6 is 0 Å². The van der Waals surface area contributed by atoms with Crippen molar-refractivity contribution in [3.05, 3.63) is 0 Å². The van der Waals surface area contributed by atoms with Crippen LogP contribution in [0.3, 0.4) is 0 Å². The third-order valence-corrected chi connectivity index (χ3v) is 4.57. The van der Waals surface area contributed by atoms with Crippen molar-refractivity contribution in [3.8, 4) is 0 Å². The van der Waals surface area contributed by atoms with Gasteiger partial charge in [-0.15, -0.1) is 0 Å². The Morgan fingerprint density at radius 1 is 1.18 bits per heavy atom. The average Bonchev–Trinajstić information content (AvgIpc) is 2.30. The molecule has 0 heterocycles. The molecule has 0 fully saturated rings. The quantitative estimate of drug-likeness (QED) is 0.709. The lowest BCUT2D eigenvalue weighted by Crippen LogP contribution is -2.56. The first-order valence-electron chi connectivity index (χ1n) is 7.75. The Hall–Kier alpha value is -0.820. The highest BCUT2D eigenvalue weighted by atomic mass is 32.2. The highest BCUT2D eigenvalue weighted by molar-refractivity contribution is 7.90. The van der Waals surface area contributed by atoms with Gasteiger partial charge in [-0.1, -0.05) is 13.8 Å². The number of ether oxygens (including phenoxy) is 1. The van der Waals surface area contributed by atoms with Gasteiger partial charge >= 0.3 is 6.09 Å². The number of nitrogens with one attached hydrogen (secondary N) is 2. The molecule has 22 heavy (non-hydrogen) atoms. The van der Waals surface area contributed by atoms with E-state index in [4.69, 9.17) is 4.74 Å². The Bertz CT molecular complexity index is 451. The minimum atomic E-state index is -3.03. The van der Waals surface area contributed by atoms with Crippen molar-refractivity contribution in [3.63, 3.8) is 0 Å². The van der Waals surface area contributed by atoms with Crippen molar-refractivity contribution in [2.45, 2.75) is 71.6 Å². The zero-order chi connectivity index (χ0) is 17.6. The SMILES string of the molecule is CCC(CC)(CNC(C)CS(C)(=O)=O)NC(=O)OC(C)(C)C. The number of hydrogen-bond acceptors (Lipinski definition) is 5. The number of carbonyl (C=O) groups excluding carboxylic acids is 1. The van der Waals surface area contributed by atoms with Gasteiger partial charge in [0.05, 0.1) is 11.3 Å². The van der Waals surface area contributed by atoms with Gasteiger partial charge in [-0.2, -0.15) is 0 Å². The molecular weight excluding hydrogens is 304 g/mol. The van der Waals surface area contributed by atoms with Gasteiger partial charge in [-0.05, 0) is 40.5 Å². The first kappa shape index (κ1) is 21.2.